The lowest BCUT2D eigenvalue weighted by atomic mass is 10.1. The number of nitrogens with two attached hydrogens (primary N) is 1. The van der Waals surface area contributed by atoms with Gasteiger partial charge in [-0.15, -0.1) is 0 Å². The summed E-state index contributed by atoms with van der Waals surface area (Å²) in [6.45, 7) is 8.99. The largest absolute Gasteiger partial charge is 0.480 e. The smallest absolute Gasteiger partial charge is 0.323 e. The second kappa shape index (κ2) is 10.2. The van der Waals surface area contributed by atoms with Crippen LogP contribution in [0.2, 0.25) is 0 Å². The summed E-state index contributed by atoms with van der Waals surface area (Å²) in [5.74, 6) is -0.830. The number of carbonyl (C=O) groups is 1. The molecule has 0 radical (unpaired) electrons. The van der Waals surface area contributed by atoms with Gasteiger partial charge in [0.25, 0.3) is 0 Å². The van der Waals surface area contributed by atoms with Crippen LogP contribution in [-0.4, -0.2) is 48.6 Å². The Morgan fingerprint density at radius 2 is 1.91 bits per heavy atom. The number of hydrogen-bond acceptors (Lipinski definition) is 7. The summed E-state index contributed by atoms with van der Waals surface area (Å²) in [4.78, 5) is 24.1. The predicted octanol–water partition coefficient (Wildman–Crippen LogP) is 3.08. The van der Waals surface area contributed by atoms with E-state index in [0.717, 1.165) is 11.1 Å². The number of nitrogen functional groups attached to an aromatic ring is 1. The normalized spacial score (nSPS) is 15.7. The van der Waals surface area contributed by atoms with Crippen LogP contribution >= 0.6 is 7.44 Å². The number of aromatic nitrogens is 4. The Kier molecular flexibility index (Phi) is 7.72. The molecule has 1 aromatic carbocycles. The van der Waals surface area contributed by atoms with Crippen molar-refractivity contribution in [3.8, 4) is 0 Å². The Balaban J connectivity index is 1.74. The van der Waals surface area contributed by atoms with Crippen LogP contribution in [0.25, 0.3) is 11.2 Å². The second-order valence-electron chi connectivity index (χ2n) is 8.98. The molecule has 3 rings (SSSR count). The van der Waals surface area contributed by atoms with Crippen molar-refractivity contribution in [1.29, 1.82) is 0 Å². The van der Waals surface area contributed by atoms with Crippen molar-refractivity contribution in [2.45, 2.75) is 58.8 Å². The number of aryl methyl sites for hydroxylation is 1. The molecular weight excluding hydrogens is 457 g/mol. The van der Waals surface area contributed by atoms with Crippen LogP contribution in [0.4, 0.5) is 5.82 Å². The zero-order valence-electron chi connectivity index (χ0n) is 20.0. The molecular formula is C22H32N7O4P. The average molecular weight is 490 g/mol. The topological polar surface area (TPSA) is 157 Å². The van der Waals surface area contributed by atoms with Crippen LogP contribution in [0, 0.1) is 6.92 Å². The monoisotopic (exact) mass is 489 g/mol. The van der Waals surface area contributed by atoms with Crippen LogP contribution < -0.4 is 15.9 Å². The second-order valence-corrected chi connectivity index (χ2v) is 11.2. The maximum Gasteiger partial charge on any atom is 0.323 e. The van der Waals surface area contributed by atoms with E-state index in [0.29, 0.717) is 17.7 Å². The number of ether oxygens (including phenoxy) is 1. The number of carboxylic acids is 1. The van der Waals surface area contributed by atoms with E-state index in [-0.39, 0.29) is 24.3 Å². The van der Waals surface area contributed by atoms with Crippen LogP contribution in [0.5, 0.6) is 0 Å². The molecule has 2 heterocycles. The fourth-order valence-corrected chi connectivity index (χ4v) is 5.88. The molecule has 2 aromatic heterocycles. The van der Waals surface area contributed by atoms with Crippen LogP contribution in [0.3, 0.4) is 0 Å². The lowest BCUT2D eigenvalue weighted by Crippen LogP contribution is -2.47. The van der Waals surface area contributed by atoms with Crippen molar-refractivity contribution >= 4 is 30.4 Å². The van der Waals surface area contributed by atoms with E-state index in [4.69, 9.17) is 10.5 Å². The van der Waals surface area contributed by atoms with Gasteiger partial charge in [0.15, 0.2) is 11.5 Å². The van der Waals surface area contributed by atoms with Crippen molar-refractivity contribution in [3.63, 3.8) is 0 Å². The number of hydrogen-bond donors (Lipinski definition) is 4. The highest BCUT2D eigenvalue weighted by Gasteiger charge is 2.37. The quantitative estimate of drug-likeness (QED) is 0.295. The zero-order valence-corrected chi connectivity index (χ0v) is 20.9. The summed E-state index contributed by atoms with van der Waals surface area (Å²) >= 11 is 0. The van der Waals surface area contributed by atoms with Gasteiger partial charge in [0, 0.05) is 6.04 Å². The molecule has 34 heavy (non-hydrogen) atoms. The van der Waals surface area contributed by atoms with E-state index in [9.17, 15) is 14.5 Å². The number of fused-ring (bicyclic) bond motifs is 1. The number of nitrogens with zero attached hydrogens (tertiary/aromatic N) is 4. The Morgan fingerprint density at radius 1 is 1.24 bits per heavy atom. The summed E-state index contributed by atoms with van der Waals surface area (Å²) in [7, 11) is -3.50. The molecule has 1 unspecified atom stereocenters. The highest BCUT2D eigenvalue weighted by atomic mass is 31.2. The van der Waals surface area contributed by atoms with E-state index < -0.39 is 19.0 Å². The number of anilines is 1. The van der Waals surface area contributed by atoms with Crippen LogP contribution in [0.15, 0.2) is 36.9 Å². The number of imidazole rings is 1. The number of aliphatic carboxylic acids is 1. The summed E-state index contributed by atoms with van der Waals surface area (Å²) in [6.07, 6.45) is 2.36. The third-order valence-corrected chi connectivity index (χ3v) is 7.64. The molecule has 0 aliphatic rings. The molecule has 0 saturated carbocycles. The third-order valence-electron chi connectivity index (χ3n) is 5.40. The standard InChI is InChI=1S/C22H32N7O4P/c1-14-6-8-17(9-7-14)16(3)27-34(32,28-22(4,5)21(30)31)13-33-15(2)10-29-12-26-18-19(23)24-11-25-20(18)29/h6-9,11-12,15-16H,10,13H2,1-5H3,(H,30,31)(H2,23,24,25)(H2,27,28,32)/t15-,16-,34?/m0/s1. The van der Waals surface area contributed by atoms with Crippen molar-refractivity contribution in [2.24, 2.45) is 0 Å². The van der Waals surface area contributed by atoms with E-state index in [1.54, 1.807) is 10.9 Å². The number of carboxylic acid groups (broad SMARTS) is 1. The van der Waals surface area contributed by atoms with Gasteiger partial charge in [-0.2, -0.15) is 0 Å². The number of nitrogens with one attached hydrogen (secondary N) is 2. The van der Waals surface area contributed by atoms with E-state index >= 15 is 0 Å². The Labute approximate surface area is 198 Å². The molecule has 0 aliphatic heterocycles. The van der Waals surface area contributed by atoms with Gasteiger partial charge in [-0.25, -0.2) is 25.1 Å². The molecule has 0 spiro atoms. The maximum atomic E-state index is 13.9. The van der Waals surface area contributed by atoms with Gasteiger partial charge in [-0.3, -0.25) is 9.36 Å². The molecule has 0 saturated heterocycles. The predicted molar refractivity (Wildman–Crippen MR) is 130 cm³/mol. The van der Waals surface area contributed by atoms with E-state index in [1.165, 1.54) is 20.2 Å². The molecule has 0 bridgehead atoms. The van der Waals surface area contributed by atoms with Crippen molar-refractivity contribution in [3.05, 3.63) is 48.0 Å². The van der Waals surface area contributed by atoms with Gasteiger partial charge in [-0.1, -0.05) is 29.8 Å². The van der Waals surface area contributed by atoms with Gasteiger partial charge in [0.2, 0.25) is 7.44 Å². The van der Waals surface area contributed by atoms with E-state index in [1.807, 2.05) is 45.0 Å². The lowest BCUT2D eigenvalue weighted by molar-refractivity contribution is -0.142. The van der Waals surface area contributed by atoms with Crippen molar-refractivity contribution in [2.75, 3.05) is 12.1 Å². The fraction of sp³-hybridized carbons (Fsp3) is 0.455. The molecule has 184 valence electrons. The highest BCUT2D eigenvalue weighted by Crippen LogP contribution is 2.42. The van der Waals surface area contributed by atoms with Gasteiger partial charge >= 0.3 is 5.97 Å². The first kappa shape index (κ1) is 25.8. The first-order valence-corrected chi connectivity index (χ1v) is 12.8. The first-order valence-electron chi connectivity index (χ1n) is 10.9. The third kappa shape index (κ3) is 6.18. The minimum absolute atomic E-state index is 0.217. The van der Waals surface area contributed by atoms with Crippen LogP contribution in [0.1, 0.15) is 44.9 Å². The zero-order chi connectivity index (χ0) is 25.1. The molecule has 3 aromatic rings. The number of benzene rings is 1. The summed E-state index contributed by atoms with van der Waals surface area (Å²) in [6, 6.07) is 7.52. The SMILES string of the molecule is Cc1ccc([C@H](C)NP(=O)(CO[C@@H](C)Cn2cnc3c(N)ncnc32)NC(C)(C)C(=O)O)cc1. The summed E-state index contributed by atoms with van der Waals surface area (Å²) in [5.41, 5.74) is 7.52. The van der Waals surface area contributed by atoms with Crippen LogP contribution in [-0.2, 0) is 20.6 Å². The minimum atomic E-state index is -3.50. The molecule has 12 heteroatoms. The first-order chi connectivity index (χ1) is 15.9. The molecule has 0 aliphatic carbocycles. The summed E-state index contributed by atoms with van der Waals surface area (Å²) < 4.78 is 21.6. The highest BCUT2D eigenvalue weighted by molar-refractivity contribution is 7.59. The maximum absolute atomic E-state index is 13.9. The molecule has 0 amide bonds. The molecule has 3 atom stereocenters. The Hall–Kier alpha value is -2.85. The Bertz CT molecular complexity index is 1200. The van der Waals surface area contributed by atoms with Gasteiger partial charge < -0.3 is 20.1 Å². The fourth-order valence-electron chi connectivity index (χ4n) is 3.44. The van der Waals surface area contributed by atoms with E-state index in [2.05, 4.69) is 25.1 Å². The Morgan fingerprint density at radius 3 is 2.56 bits per heavy atom. The van der Waals surface area contributed by atoms with Gasteiger partial charge in [0.1, 0.15) is 23.7 Å². The number of rotatable bonds is 11. The lowest BCUT2D eigenvalue weighted by Gasteiger charge is -2.32. The average Bonchev–Trinajstić information content (AvgIpc) is 3.16. The molecule has 0 fully saturated rings. The van der Waals surface area contributed by atoms with Crippen molar-refractivity contribution in [1.82, 2.24) is 29.7 Å². The van der Waals surface area contributed by atoms with Crippen molar-refractivity contribution < 1.29 is 19.2 Å². The molecule has 11 nitrogen and oxygen atoms in total. The van der Waals surface area contributed by atoms with Gasteiger partial charge in [-0.05, 0) is 40.2 Å². The summed E-state index contributed by atoms with van der Waals surface area (Å²) in [5, 5.41) is 15.5. The minimum Gasteiger partial charge on any atom is -0.480 e. The molecule has 5 N–H and O–H groups in total. The van der Waals surface area contributed by atoms with Gasteiger partial charge in [0.05, 0.1) is 19.0 Å².